The molecule has 1 unspecified atom stereocenters. The Hall–Kier alpha value is -0.610. The number of hydrogen-bond donors (Lipinski definition) is 1. The molecule has 90 valence electrons. The highest BCUT2D eigenvalue weighted by molar-refractivity contribution is 5.72. The molecular formula is C11H23NO3. The Labute approximate surface area is 92.2 Å². The van der Waals surface area contributed by atoms with Crippen LogP contribution in [-0.4, -0.2) is 48.8 Å². The first-order chi connectivity index (χ1) is 7.15. The molecule has 0 aliphatic carbocycles. The second kappa shape index (κ2) is 8.68. The number of aliphatic hydroxyl groups excluding tert-OH is 1. The molecule has 0 radical (unpaired) electrons. The van der Waals surface area contributed by atoms with Gasteiger partial charge < -0.3 is 14.7 Å². The number of hydrogen-bond acceptors (Lipinski definition) is 4. The van der Waals surface area contributed by atoms with Gasteiger partial charge in [-0.2, -0.15) is 0 Å². The molecule has 15 heavy (non-hydrogen) atoms. The van der Waals surface area contributed by atoms with Crippen molar-refractivity contribution in [2.45, 2.75) is 27.2 Å². The average Bonchev–Trinajstić information content (AvgIpc) is 2.18. The van der Waals surface area contributed by atoms with E-state index in [4.69, 9.17) is 9.84 Å². The average molecular weight is 217 g/mol. The number of carbonyl (C=O) groups is 1. The van der Waals surface area contributed by atoms with Gasteiger partial charge in [0.25, 0.3) is 0 Å². The van der Waals surface area contributed by atoms with Crippen LogP contribution in [0.5, 0.6) is 0 Å². The Bertz CT molecular complexity index is 167. The van der Waals surface area contributed by atoms with Crippen LogP contribution in [0, 0.1) is 5.92 Å². The number of ether oxygens (including phenoxy) is 1. The third-order valence-electron chi connectivity index (χ3n) is 2.18. The van der Waals surface area contributed by atoms with Crippen molar-refractivity contribution in [1.82, 2.24) is 4.90 Å². The number of carbonyl (C=O) groups excluding carboxylic acids is 1. The molecule has 0 heterocycles. The summed E-state index contributed by atoms with van der Waals surface area (Å²) in [6.07, 6.45) is 1.02. The molecule has 0 spiro atoms. The molecule has 0 aromatic heterocycles. The number of esters is 1. The van der Waals surface area contributed by atoms with Crippen LogP contribution in [0.2, 0.25) is 0 Å². The highest BCUT2D eigenvalue weighted by Gasteiger charge is 2.17. The van der Waals surface area contributed by atoms with Gasteiger partial charge in [-0.15, -0.1) is 0 Å². The maximum absolute atomic E-state index is 11.4. The van der Waals surface area contributed by atoms with E-state index >= 15 is 0 Å². The molecule has 0 aliphatic heterocycles. The van der Waals surface area contributed by atoms with E-state index in [9.17, 15) is 4.79 Å². The monoisotopic (exact) mass is 217 g/mol. The number of rotatable bonds is 8. The number of aliphatic hydroxyl groups is 1. The first-order valence-electron chi connectivity index (χ1n) is 5.65. The Morgan fingerprint density at radius 1 is 1.40 bits per heavy atom. The molecule has 0 saturated carbocycles. The van der Waals surface area contributed by atoms with Gasteiger partial charge >= 0.3 is 5.97 Å². The van der Waals surface area contributed by atoms with Gasteiger partial charge in [0.1, 0.15) is 0 Å². The first kappa shape index (κ1) is 14.4. The van der Waals surface area contributed by atoms with Gasteiger partial charge in [0.2, 0.25) is 0 Å². The summed E-state index contributed by atoms with van der Waals surface area (Å²) in [5.41, 5.74) is 0. The Kier molecular flexibility index (Phi) is 8.33. The fourth-order valence-corrected chi connectivity index (χ4v) is 1.50. The highest BCUT2D eigenvalue weighted by atomic mass is 16.5. The molecule has 0 amide bonds. The summed E-state index contributed by atoms with van der Waals surface area (Å²) < 4.78 is 4.93. The van der Waals surface area contributed by atoms with Crippen molar-refractivity contribution in [2.24, 2.45) is 5.92 Å². The fourth-order valence-electron chi connectivity index (χ4n) is 1.50. The lowest BCUT2D eigenvalue weighted by Crippen LogP contribution is -2.35. The van der Waals surface area contributed by atoms with Crippen LogP contribution in [0.4, 0.5) is 0 Å². The van der Waals surface area contributed by atoms with E-state index in [0.717, 1.165) is 13.0 Å². The van der Waals surface area contributed by atoms with Crippen molar-refractivity contribution in [3.05, 3.63) is 0 Å². The van der Waals surface area contributed by atoms with Crippen molar-refractivity contribution >= 4 is 5.97 Å². The summed E-state index contributed by atoms with van der Waals surface area (Å²) in [4.78, 5) is 13.5. The predicted molar refractivity (Wildman–Crippen MR) is 59.6 cm³/mol. The standard InChI is InChI=1S/C11H23NO3/c1-4-6-12(7-8-13)9-10(3)11(14)15-5-2/h10,13H,4-9H2,1-3H3. The molecular weight excluding hydrogens is 194 g/mol. The summed E-state index contributed by atoms with van der Waals surface area (Å²) in [6.45, 7) is 8.50. The zero-order chi connectivity index (χ0) is 11.7. The van der Waals surface area contributed by atoms with E-state index in [-0.39, 0.29) is 18.5 Å². The lowest BCUT2D eigenvalue weighted by Gasteiger charge is -2.23. The second-order valence-corrected chi connectivity index (χ2v) is 3.68. The molecule has 1 N–H and O–H groups in total. The molecule has 0 bridgehead atoms. The van der Waals surface area contributed by atoms with Crippen molar-refractivity contribution < 1.29 is 14.6 Å². The molecule has 0 aromatic carbocycles. The molecule has 0 rings (SSSR count). The minimum atomic E-state index is -0.156. The van der Waals surface area contributed by atoms with E-state index in [2.05, 4.69) is 11.8 Å². The van der Waals surface area contributed by atoms with Gasteiger partial charge in [-0.05, 0) is 19.9 Å². The summed E-state index contributed by atoms with van der Waals surface area (Å²) in [5.74, 6) is -0.278. The number of nitrogens with zero attached hydrogens (tertiary/aromatic N) is 1. The molecule has 0 aliphatic rings. The van der Waals surface area contributed by atoms with E-state index in [0.29, 0.717) is 19.7 Å². The van der Waals surface area contributed by atoms with Crippen molar-refractivity contribution in [3.8, 4) is 0 Å². The molecule has 0 fully saturated rings. The second-order valence-electron chi connectivity index (χ2n) is 3.68. The van der Waals surface area contributed by atoms with Crippen LogP contribution in [0.15, 0.2) is 0 Å². The van der Waals surface area contributed by atoms with Crippen LogP contribution in [0.1, 0.15) is 27.2 Å². The highest BCUT2D eigenvalue weighted by Crippen LogP contribution is 2.03. The van der Waals surface area contributed by atoms with E-state index < -0.39 is 0 Å². The SMILES string of the molecule is CCCN(CCO)CC(C)C(=O)OCC. The third-order valence-corrected chi connectivity index (χ3v) is 2.18. The fraction of sp³-hybridized carbons (Fsp3) is 0.909. The van der Waals surface area contributed by atoms with Gasteiger partial charge in [0.15, 0.2) is 0 Å². The quantitative estimate of drug-likeness (QED) is 0.613. The summed E-state index contributed by atoms with van der Waals surface area (Å²) >= 11 is 0. The summed E-state index contributed by atoms with van der Waals surface area (Å²) in [5, 5.41) is 8.86. The van der Waals surface area contributed by atoms with Gasteiger partial charge in [0, 0.05) is 13.1 Å². The largest absolute Gasteiger partial charge is 0.466 e. The lowest BCUT2D eigenvalue weighted by atomic mass is 10.1. The van der Waals surface area contributed by atoms with E-state index in [1.54, 1.807) is 0 Å². The van der Waals surface area contributed by atoms with E-state index in [1.807, 2.05) is 13.8 Å². The van der Waals surface area contributed by atoms with E-state index in [1.165, 1.54) is 0 Å². The molecule has 0 saturated heterocycles. The van der Waals surface area contributed by atoms with Gasteiger partial charge in [-0.25, -0.2) is 0 Å². The minimum absolute atomic E-state index is 0.122. The van der Waals surface area contributed by atoms with Crippen LogP contribution in [-0.2, 0) is 9.53 Å². The Balaban J connectivity index is 3.96. The molecule has 4 heteroatoms. The summed E-state index contributed by atoms with van der Waals surface area (Å²) in [6, 6.07) is 0. The topological polar surface area (TPSA) is 49.8 Å². The third kappa shape index (κ3) is 6.47. The Morgan fingerprint density at radius 2 is 2.07 bits per heavy atom. The minimum Gasteiger partial charge on any atom is -0.466 e. The maximum atomic E-state index is 11.4. The van der Waals surface area contributed by atoms with Crippen LogP contribution in [0.3, 0.4) is 0 Å². The van der Waals surface area contributed by atoms with Gasteiger partial charge in [-0.1, -0.05) is 13.8 Å². The van der Waals surface area contributed by atoms with Crippen molar-refractivity contribution in [1.29, 1.82) is 0 Å². The van der Waals surface area contributed by atoms with Crippen LogP contribution >= 0.6 is 0 Å². The van der Waals surface area contributed by atoms with Crippen molar-refractivity contribution in [3.63, 3.8) is 0 Å². The smallest absolute Gasteiger partial charge is 0.309 e. The Morgan fingerprint density at radius 3 is 2.53 bits per heavy atom. The molecule has 0 aromatic rings. The van der Waals surface area contributed by atoms with Gasteiger partial charge in [-0.3, -0.25) is 4.79 Å². The normalized spacial score (nSPS) is 12.9. The first-order valence-corrected chi connectivity index (χ1v) is 5.65. The van der Waals surface area contributed by atoms with Crippen LogP contribution < -0.4 is 0 Å². The zero-order valence-corrected chi connectivity index (χ0v) is 10.0. The molecule has 1 atom stereocenters. The maximum Gasteiger partial charge on any atom is 0.309 e. The summed E-state index contributed by atoms with van der Waals surface area (Å²) in [7, 11) is 0. The van der Waals surface area contributed by atoms with Crippen molar-refractivity contribution in [2.75, 3.05) is 32.8 Å². The lowest BCUT2D eigenvalue weighted by molar-refractivity contribution is -0.148. The zero-order valence-electron chi connectivity index (χ0n) is 10.0. The predicted octanol–water partition coefficient (Wildman–Crippen LogP) is 0.890. The van der Waals surface area contributed by atoms with Crippen LogP contribution in [0.25, 0.3) is 0 Å². The van der Waals surface area contributed by atoms with Gasteiger partial charge in [0.05, 0.1) is 19.1 Å². The molecule has 4 nitrogen and oxygen atoms in total.